The Morgan fingerprint density at radius 3 is 2.80 bits per heavy atom. The van der Waals surface area contributed by atoms with Gasteiger partial charge in [-0.05, 0) is 25.2 Å². The van der Waals surface area contributed by atoms with E-state index < -0.39 is 0 Å². The highest BCUT2D eigenvalue weighted by Crippen LogP contribution is 2.11. The summed E-state index contributed by atoms with van der Waals surface area (Å²) < 4.78 is 0. The van der Waals surface area contributed by atoms with Crippen molar-refractivity contribution >= 4 is 0 Å². The van der Waals surface area contributed by atoms with E-state index in [1.165, 1.54) is 6.42 Å². The zero-order chi connectivity index (χ0) is 7.82. The van der Waals surface area contributed by atoms with Gasteiger partial charge >= 0.3 is 0 Å². The lowest BCUT2D eigenvalue weighted by molar-refractivity contribution is 0.504. The lowest BCUT2D eigenvalue weighted by atomic mass is 10.0. The molecule has 0 aliphatic carbocycles. The zero-order valence-electron chi connectivity index (χ0n) is 6.64. The van der Waals surface area contributed by atoms with Crippen LogP contribution < -0.4 is 0 Å². The van der Waals surface area contributed by atoms with E-state index in [9.17, 15) is 0 Å². The Morgan fingerprint density at radius 2 is 2.30 bits per heavy atom. The van der Waals surface area contributed by atoms with Crippen LogP contribution in [0.5, 0.6) is 0 Å². The van der Waals surface area contributed by atoms with Gasteiger partial charge in [-0.3, -0.25) is 0 Å². The van der Waals surface area contributed by atoms with Gasteiger partial charge in [0.25, 0.3) is 0 Å². The van der Waals surface area contributed by atoms with Crippen molar-refractivity contribution < 1.29 is 0 Å². The largest absolute Gasteiger partial charge is 0.198 e. The molecule has 1 atom stereocenters. The van der Waals surface area contributed by atoms with Crippen LogP contribution in [0.4, 0.5) is 0 Å². The van der Waals surface area contributed by atoms with Crippen LogP contribution in [0, 0.1) is 17.2 Å². The number of allylic oxidation sites excluding steroid dienone is 1. The van der Waals surface area contributed by atoms with E-state index in [1.54, 1.807) is 0 Å². The molecule has 0 amide bonds. The van der Waals surface area contributed by atoms with Gasteiger partial charge in [0.15, 0.2) is 0 Å². The van der Waals surface area contributed by atoms with Crippen LogP contribution in [0.15, 0.2) is 12.7 Å². The van der Waals surface area contributed by atoms with Gasteiger partial charge in [0.05, 0.1) is 6.07 Å². The fourth-order valence-corrected chi connectivity index (χ4v) is 0.858. The number of rotatable bonds is 5. The van der Waals surface area contributed by atoms with Crippen LogP contribution in [-0.4, -0.2) is 0 Å². The lowest BCUT2D eigenvalue weighted by Gasteiger charge is -2.05. The van der Waals surface area contributed by atoms with Gasteiger partial charge < -0.3 is 0 Å². The molecule has 0 radical (unpaired) electrons. The molecule has 0 N–H and O–H groups in total. The highest BCUT2D eigenvalue weighted by atomic mass is 14.2. The van der Waals surface area contributed by atoms with Crippen molar-refractivity contribution in [1.29, 1.82) is 5.26 Å². The molecule has 0 heterocycles. The molecular formula is C9H15N. The summed E-state index contributed by atoms with van der Waals surface area (Å²) in [5, 5.41) is 8.27. The summed E-state index contributed by atoms with van der Waals surface area (Å²) in [6.45, 7) is 5.83. The molecule has 0 saturated carbocycles. The maximum Gasteiger partial charge on any atom is 0.0621 e. The molecule has 0 aliphatic rings. The smallest absolute Gasteiger partial charge is 0.0621 e. The highest BCUT2D eigenvalue weighted by Gasteiger charge is 1.98. The first-order valence-electron chi connectivity index (χ1n) is 3.79. The van der Waals surface area contributed by atoms with Gasteiger partial charge in [0.1, 0.15) is 0 Å². The fourth-order valence-electron chi connectivity index (χ4n) is 0.858. The zero-order valence-corrected chi connectivity index (χ0v) is 6.64. The van der Waals surface area contributed by atoms with E-state index in [-0.39, 0.29) is 0 Å². The molecule has 10 heavy (non-hydrogen) atoms. The Labute approximate surface area is 63.4 Å². The molecule has 0 fully saturated rings. The van der Waals surface area contributed by atoms with Gasteiger partial charge in [-0.2, -0.15) is 5.26 Å². The Morgan fingerprint density at radius 1 is 1.60 bits per heavy atom. The summed E-state index contributed by atoms with van der Waals surface area (Å²) in [6, 6.07) is 2.15. The molecule has 0 rings (SSSR count). The van der Waals surface area contributed by atoms with Gasteiger partial charge in [-0.1, -0.05) is 13.0 Å². The third-order valence-electron chi connectivity index (χ3n) is 1.61. The second-order valence-corrected chi connectivity index (χ2v) is 2.67. The van der Waals surface area contributed by atoms with Crippen LogP contribution in [-0.2, 0) is 0 Å². The highest BCUT2D eigenvalue weighted by molar-refractivity contribution is 4.73. The quantitative estimate of drug-likeness (QED) is 0.534. The first-order valence-corrected chi connectivity index (χ1v) is 3.79. The standard InChI is InChI=1S/C9H15N/c1-3-4-6-9(2)7-5-8-10/h3,9H,1,4-7H2,2H3. The average molecular weight is 137 g/mol. The molecule has 0 aromatic rings. The first-order chi connectivity index (χ1) is 4.81. The lowest BCUT2D eigenvalue weighted by Crippen LogP contribution is -1.92. The normalized spacial score (nSPS) is 12.0. The molecule has 0 aliphatic heterocycles. The number of nitriles is 1. The van der Waals surface area contributed by atoms with Gasteiger partial charge in [0.2, 0.25) is 0 Å². The Balaban J connectivity index is 3.17. The van der Waals surface area contributed by atoms with Gasteiger partial charge in [0, 0.05) is 6.42 Å². The van der Waals surface area contributed by atoms with Crippen molar-refractivity contribution in [1.82, 2.24) is 0 Å². The van der Waals surface area contributed by atoms with Gasteiger partial charge in [-0.15, -0.1) is 6.58 Å². The number of hydrogen-bond donors (Lipinski definition) is 0. The van der Waals surface area contributed by atoms with Crippen molar-refractivity contribution in [2.75, 3.05) is 0 Å². The summed E-state index contributed by atoms with van der Waals surface area (Å²) in [5.74, 6) is 0.678. The van der Waals surface area contributed by atoms with Crippen LogP contribution >= 0.6 is 0 Å². The van der Waals surface area contributed by atoms with E-state index in [1.807, 2.05) is 6.08 Å². The minimum absolute atomic E-state index is 0.678. The van der Waals surface area contributed by atoms with Crippen molar-refractivity contribution in [3.63, 3.8) is 0 Å². The minimum Gasteiger partial charge on any atom is -0.198 e. The van der Waals surface area contributed by atoms with E-state index in [0.29, 0.717) is 12.3 Å². The maximum atomic E-state index is 8.27. The van der Waals surface area contributed by atoms with Gasteiger partial charge in [-0.25, -0.2) is 0 Å². The Hall–Kier alpha value is -0.770. The predicted octanol–water partition coefficient (Wildman–Crippen LogP) is 2.89. The van der Waals surface area contributed by atoms with Crippen molar-refractivity contribution in [2.24, 2.45) is 5.92 Å². The molecule has 56 valence electrons. The summed E-state index contributed by atoms with van der Waals surface area (Å²) >= 11 is 0. The topological polar surface area (TPSA) is 23.8 Å². The summed E-state index contributed by atoms with van der Waals surface area (Å²) in [4.78, 5) is 0. The van der Waals surface area contributed by atoms with E-state index in [4.69, 9.17) is 5.26 Å². The molecule has 0 aromatic carbocycles. The first kappa shape index (κ1) is 9.23. The van der Waals surface area contributed by atoms with E-state index >= 15 is 0 Å². The van der Waals surface area contributed by atoms with Crippen LogP contribution in [0.1, 0.15) is 32.6 Å². The third-order valence-corrected chi connectivity index (χ3v) is 1.61. The molecule has 0 bridgehead atoms. The summed E-state index contributed by atoms with van der Waals surface area (Å²) in [5.41, 5.74) is 0. The fraction of sp³-hybridized carbons (Fsp3) is 0.667. The minimum atomic E-state index is 0.678. The molecule has 0 aromatic heterocycles. The molecule has 0 spiro atoms. The Kier molecular flexibility index (Phi) is 5.86. The van der Waals surface area contributed by atoms with Crippen molar-refractivity contribution in [2.45, 2.75) is 32.6 Å². The second kappa shape index (κ2) is 6.35. The molecular weight excluding hydrogens is 122 g/mol. The SMILES string of the molecule is C=CCCC(C)CCC#N. The molecule has 1 unspecified atom stereocenters. The van der Waals surface area contributed by atoms with E-state index in [0.717, 1.165) is 12.8 Å². The number of hydrogen-bond acceptors (Lipinski definition) is 1. The second-order valence-electron chi connectivity index (χ2n) is 2.67. The maximum absolute atomic E-state index is 8.27. The van der Waals surface area contributed by atoms with Crippen LogP contribution in [0.25, 0.3) is 0 Å². The van der Waals surface area contributed by atoms with Crippen molar-refractivity contribution in [3.05, 3.63) is 12.7 Å². The van der Waals surface area contributed by atoms with Crippen molar-refractivity contribution in [3.8, 4) is 6.07 Å². The van der Waals surface area contributed by atoms with Crippen LogP contribution in [0.3, 0.4) is 0 Å². The number of nitrogens with zero attached hydrogens (tertiary/aromatic N) is 1. The van der Waals surface area contributed by atoms with Crippen LogP contribution in [0.2, 0.25) is 0 Å². The molecule has 1 heteroatoms. The van der Waals surface area contributed by atoms with E-state index in [2.05, 4.69) is 19.6 Å². The monoisotopic (exact) mass is 137 g/mol. The molecule has 1 nitrogen and oxygen atoms in total. The average Bonchev–Trinajstić information content (AvgIpc) is 1.97. The Bertz CT molecular complexity index is 121. The summed E-state index contributed by atoms with van der Waals surface area (Å²) in [6.07, 6.45) is 5.91. The summed E-state index contributed by atoms with van der Waals surface area (Å²) in [7, 11) is 0. The third kappa shape index (κ3) is 5.37. The predicted molar refractivity (Wildman–Crippen MR) is 43.4 cm³/mol. The molecule has 0 saturated heterocycles.